The van der Waals surface area contributed by atoms with Gasteiger partial charge in [0.2, 0.25) is 0 Å². The molecule has 238 valence electrons. The molecule has 0 radical (unpaired) electrons. The van der Waals surface area contributed by atoms with E-state index in [1.807, 2.05) is 0 Å². The Kier molecular flexibility index (Phi) is 26.9. The number of rotatable bonds is 30. The van der Waals surface area contributed by atoms with Gasteiger partial charge in [-0.1, -0.05) is 160 Å². The van der Waals surface area contributed by atoms with Crippen molar-refractivity contribution in [2.24, 2.45) is 28.8 Å². The predicted octanol–water partition coefficient (Wildman–Crippen LogP) is 12.2. The summed E-state index contributed by atoms with van der Waals surface area (Å²) in [5.41, 5.74) is 2.29. The molecule has 4 nitrogen and oxygen atoms in total. The van der Waals surface area contributed by atoms with Crippen LogP contribution in [0.1, 0.15) is 194 Å². The van der Waals surface area contributed by atoms with E-state index in [4.69, 9.17) is 5.21 Å². The second kappa shape index (κ2) is 28.6. The van der Waals surface area contributed by atoms with E-state index in [-0.39, 0.29) is 0 Å². The maximum atomic E-state index is 10.3. The molecule has 1 aliphatic rings. The molecular weight excluding hydrogens is 492 g/mol. The summed E-state index contributed by atoms with van der Waals surface area (Å²) >= 11 is 0. The van der Waals surface area contributed by atoms with Crippen LogP contribution in [-0.4, -0.2) is 18.3 Å². The maximum absolute atomic E-state index is 10.3. The first-order chi connectivity index (χ1) is 19.8. The Morgan fingerprint density at radius 1 is 0.525 bits per heavy atom. The molecule has 1 aliphatic carbocycles. The number of hydrogen-bond acceptors (Lipinski definition) is 4. The Morgan fingerprint density at radius 2 is 0.900 bits per heavy atom. The van der Waals surface area contributed by atoms with E-state index in [2.05, 4.69) is 24.5 Å². The highest BCUT2D eigenvalue weighted by Gasteiger charge is 2.37. The molecule has 2 N–H and O–H groups in total. The number of nitroso groups, excluding NO2 is 1. The molecule has 1 rings (SSSR count). The van der Waals surface area contributed by atoms with Crippen LogP contribution in [0.15, 0.2) is 5.18 Å². The van der Waals surface area contributed by atoms with Gasteiger partial charge in [0.15, 0.2) is 0 Å². The second-order valence-electron chi connectivity index (χ2n) is 13.4. The molecule has 4 heteroatoms. The van der Waals surface area contributed by atoms with Gasteiger partial charge in [-0.15, -0.1) is 0 Å². The summed E-state index contributed by atoms with van der Waals surface area (Å²) in [4.78, 5) is 10.3. The average molecular weight is 565 g/mol. The highest BCUT2D eigenvalue weighted by Crippen LogP contribution is 2.47. The Balaban J connectivity index is 2.61. The summed E-state index contributed by atoms with van der Waals surface area (Å²) in [6, 6.07) is 0. The van der Waals surface area contributed by atoms with Crippen LogP contribution >= 0.6 is 0 Å². The van der Waals surface area contributed by atoms with Crippen molar-refractivity contribution in [3.05, 3.63) is 4.91 Å². The molecular formula is C36H72N2O2. The third-order valence-corrected chi connectivity index (χ3v) is 10.1. The summed E-state index contributed by atoms with van der Waals surface area (Å²) < 4.78 is 0. The maximum Gasteiger partial charge on any atom is 0.0811 e. The molecule has 0 saturated heterocycles. The van der Waals surface area contributed by atoms with Crippen molar-refractivity contribution < 1.29 is 5.21 Å². The summed E-state index contributed by atoms with van der Waals surface area (Å²) in [6.45, 7) is 5.94. The third kappa shape index (κ3) is 19.6. The normalized spacial score (nSPS) is 21.2. The average Bonchev–Trinajstić information content (AvgIpc) is 2.96. The predicted molar refractivity (Wildman–Crippen MR) is 175 cm³/mol. The molecule has 0 bridgehead atoms. The van der Waals surface area contributed by atoms with Crippen LogP contribution in [0, 0.1) is 28.6 Å². The van der Waals surface area contributed by atoms with Gasteiger partial charge in [-0.05, 0) is 62.2 Å². The van der Waals surface area contributed by atoms with E-state index in [1.165, 1.54) is 167 Å². The molecule has 0 aromatic heterocycles. The topological polar surface area (TPSA) is 61.7 Å². The van der Waals surface area contributed by atoms with Gasteiger partial charge < -0.3 is 5.21 Å². The van der Waals surface area contributed by atoms with E-state index in [9.17, 15) is 4.91 Å². The fraction of sp³-hybridized carbons (Fsp3) is 1.00. The smallest absolute Gasteiger partial charge is 0.0811 e. The zero-order valence-electron chi connectivity index (χ0n) is 27.3. The lowest BCUT2D eigenvalue weighted by atomic mass is 9.61. The quantitative estimate of drug-likeness (QED) is 0.0518. The molecule has 0 aromatic carbocycles. The van der Waals surface area contributed by atoms with Gasteiger partial charge in [0.25, 0.3) is 0 Å². The van der Waals surface area contributed by atoms with E-state index in [1.54, 1.807) is 0 Å². The monoisotopic (exact) mass is 565 g/mol. The van der Waals surface area contributed by atoms with Crippen LogP contribution in [0.25, 0.3) is 0 Å². The molecule has 1 saturated carbocycles. The third-order valence-electron chi connectivity index (χ3n) is 10.1. The van der Waals surface area contributed by atoms with Crippen LogP contribution in [0.4, 0.5) is 0 Å². The Bertz CT molecular complexity index is 529. The number of hydrogen-bond donors (Lipinski definition) is 2. The van der Waals surface area contributed by atoms with Gasteiger partial charge in [-0.2, -0.15) is 4.91 Å². The fourth-order valence-electron chi connectivity index (χ4n) is 7.75. The van der Waals surface area contributed by atoms with Crippen LogP contribution < -0.4 is 5.48 Å². The number of nitrogens with zero attached hydrogens (tertiary/aromatic N) is 1. The highest BCUT2D eigenvalue weighted by atomic mass is 16.5. The number of unbranched alkanes of at least 4 members (excludes halogenated alkanes) is 18. The minimum Gasteiger partial charge on any atom is -0.317 e. The van der Waals surface area contributed by atoms with Crippen molar-refractivity contribution in [3.8, 4) is 0 Å². The van der Waals surface area contributed by atoms with Crippen LogP contribution in [0.5, 0.6) is 0 Å². The largest absolute Gasteiger partial charge is 0.317 e. The summed E-state index contributed by atoms with van der Waals surface area (Å²) in [5.74, 6) is 3.96. The minimum atomic E-state index is 0.505. The van der Waals surface area contributed by atoms with Gasteiger partial charge in [0.05, 0.1) is 6.54 Å². The van der Waals surface area contributed by atoms with Gasteiger partial charge in [-0.25, -0.2) is 5.48 Å². The summed E-state index contributed by atoms with van der Waals surface area (Å²) in [6.07, 6.45) is 38.6. The lowest BCUT2D eigenvalue weighted by Gasteiger charge is -2.44. The van der Waals surface area contributed by atoms with Crippen LogP contribution in [0.3, 0.4) is 0 Å². The fourth-order valence-corrected chi connectivity index (χ4v) is 7.75. The van der Waals surface area contributed by atoms with Crippen molar-refractivity contribution in [2.75, 3.05) is 13.1 Å². The molecule has 1 fully saturated rings. The molecule has 0 aromatic rings. The van der Waals surface area contributed by atoms with E-state index in [0.29, 0.717) is 6.54 Å². The van der Waals surface area contributed by atoms with Crippen molar-refractivity contribution >= 4 is 0 Å². The van der Waals surface area contributed by atoms with Crippen molar-refractivity contribution in [1.82, 2.24) is 5.48 Å². The molecule has 40 heavy (non-hydrogen) atoms. The van der Waals surface area contributed by atoms with Crippen LogP contribution in [0.2, 0.25) is 0 Å². The summed E-state index contributed by atoms with van der Waals surface area (Å²) in [7, 11) is 0. The summed E-state index contributed by atoms with van der Waals surface area (Å²) in [5, 5.41) is 11.7. The van der Waals surface area contributed by atoms with Gasteiger partial charge in [-0.3, -0.25) is 0 Å². The van der Waals surface area contributed by atoms with E-state index < -0.39 is 0 Å². The van der Waals surface area contributed by atoms with Gasteiger partial charge >= 0.3 is 0 Å². The zero-order valence-corrected chi connectivity index (χ0v) is 27.3. The first kappa shape index (κ1) is 37.5. The van der Waals surface area contributed by atoms with Crippen molar-refractivity contribution in [3.63, 3.8) is 0 Å². The highest BCUT2D eigenvalue weighted by molar-refractivity contribution is 4.88. The molecule has 0 aliphatic heterocycles. The van der Waals surface area contributed by atoms with Gasteiger partial charge in [0, 0.05) is 6.54 Å². The Morgan fingerprint density at radius 3 is 1.38 bits per heavy atom. The van der Waals surface area contributed by atoms with Crippen LogP contribution in [-0.2, 0) is 0 Å². The lowest BCUT2D eigenvalue weighted by molar-refractivity contribution is 0.0581. The van der Waals surface area contributed by atoms with E-state index in [0.717, 1.165) is 43.1 Å². The Labute approximate surface area is 250 Å². The number of nitrogens with one attached hydrogen (secondary N) is 1. The lowest BCUT2D eigenvalue weighted by Crippen LogP contribution is -2.35. The first-order valence-corrected chi connectivity index (χ1v) is 18.4. The SMILES string of the molecule is CCCCCCCC1C(CCCCC)CCC(CCCCCCCCCN=O)C1CCCCCCCCCNO. The molecule has 0 heterocycles. The standard InChI is InChI=1S/C36H72N2O2/c1-3-5-7-14-21-27-35-33(25-19-6-4-2)29-30-34(26-20-15-10-8-12-17-23-31-37-39)36(35)28-22-16-11-9-13-18-24-32-38-40/h33-36,38,40H,3-32H2,1-2H3. The molecule has 0 amide bonds. The molecule has 4 atom stereocenters. The molecule has 4 unspecified atom stereocenters. The first-order valence-electron chi connectivity index (χ1n) is 18.4. The van der Waals surface area contributed by atoms with Crippen molar-refractivity contribution in [2.45, 2.75) is 194 Å². The molecule has 0 spiro atoms. The minimum absolute atomic E-state index is 0.505. The van der Waals surface area contributed by atoms with Gasteiger partial charge in [0.1, 0.15) is 0 Å². The number of hydroxylamine groups is 1. The van der Waals surface area contributed by atoms with Crippen molar-refractivity contribution in [1.29, 1.82) is 0 Å². The van der Waals surface area contributed by atoms with E-state index >= 15 is 0 Å². The second-order valence-corrected chi connectivity index (χ2v) is 13.4. The Hall–Kier alpha value is -0.480. The zero-order chi connectivity index (χ0) is 28.9.